The molecule has 3 atom stereocenters. The standard InChI is InChI=1S/C40H48N4O6/c1-44(22-20-35-13-5-6-21-41-35)27-36-25-37(31-18-16-29(28-45)17-19-31)50-40(49-36)34-12-8-11-33(24-34)32-10-7-9-30(23-32)26-42-38(46)14-3-2-4-15-39(47)43-48/h5-13,16-19,21,23-24,36-37,40,45,48H,2-4,14-15,20,22,25-28H2,1H3,(H,42,46)(H,43,47)/t36-,37+,40+/m1/s1. The van der Waals surface area contributed by atoms with Gasteiger partial charge in [-0.1, -0.05) is 73.2 Å². The third kappa shape index (κ3) is 11.3. The second-order valence-corrected chi connectivity index (χ2v) is 12.9. The van der Waals surface area contributed by atoms with Crippen LogP contribution in [0.5, 0.6) is 0 Å². The number of hydrogen-bond acceptors (Lipinski definition) is 8. The van der Waals surface area contributed by atoms with Gasteiger partial charge < -0.3 is 24.8 Å². The number of pyridine rings is 1. The van der Waals surface area contributed by atoms with Crippen LogP contribution in [0.25, 0.3) is 11.1 Å². The summed E-state index contributed by atoms with van der Waals surface area (Å²) < 4.78 is 13.3. The lowest BCUT2D eigenvalue weighted by atomic mass is 9.98. The molecule has 4 N–H and O–H groups in total. The number of amides is 2. The fourth-order valence-electron chi connectivity index (χ4n) is 6.14. The Balaban J connectivity index is 1.23. The number of ether oxygens (including phenoxy) is 2. The normalized spacial score (nSPS) is 17.4. The van der Waals surface area contributed by atoms with Gasteiger partial charge in [0.25, 0.3) is 0 Å². The highest BCUT2D eigenvalue weighted by Gasteiger charge is 2.33. The van der Waals surface area contributed by atoms with E-state index in [4.69, 9.17) is 14.7 Å². The smallest absolute Gasteiger partial charge is 0.243 e. The average Bonchev–Trinajstić information content (AvgIpc) is 3.16. The first kappa shape index (κ1) is 36.8. The molecule has 0 spiro atoms. The molecule has 1 aliphatic rings. The molecule has 10 heteroatoms. The predicted octanol–water partition coefficient (Wildman–Crippen LogP) is 6.03. The fourth-order valence-corrected chi connectivity index (χ4v) is 6.14. The van der Waals surface area contributed by atoms with Gasteiger partial charge in [-0.3, -0.25) is 19.8 Å². The molecular weight excluding hydrogens is 632 g/mol. The van der Waals surface area contributed by atoms with Crippen molar-refractivity contribution in [2.45, 2.75) is 76.6 Å². The summed E-state index contributed by atoms with van der Waals surface area (Å²) in [5, 5.41) is 21.1. The van der Waals surface area contributed by atoms with Crippen molar-refractivity contribution in [2.75, 3.05) is 20.1 Å². The lowest BCUT2D eigenvalue weighted by Gasteiger charge is -2.38. The molecular formula is C40H48N4O6. The minimum Gasteiger partial charge on any atom is -0.392 e. The van der Waals surface area contributed by atoms with Crippen molar-refractivity contribution in [2.24, 2.45) is 0 Å². The van der Waals surface area contributed by atoms with Crippen molar-refractivity contribution in [3.63, 3.8) is 0 Å². The van der Waals surface area contributed by atoms with E-state index in [1.807, 2.05) is 66.9 Å². The van der Waals surface area contributed by atoms with Crippen molar-refractivity contribution in [3.8, 4) is 11.1 Å². The third-order valence-electron chi connectivity index (χ3n) is 8.95. The van der Waals surface area contributed by atoms with Crippen molar-refractivity contribution in [1.29, 1.82) is 0 Å². The Morgan fingerprint density at radius 2 is 1.60 bits per heavy atom. The van der Waals surface area contributed by atoms with Gasteiger partial charge in [0.05, 0.1) is 18.8 Å². The number of benzene rings is 3. The van der Waals surface area contributed by atoms with Crippen molar-refractivity contribution >= 4 is 11.8 Å². The van der Waals surface area contributed by atoms with E-state index in [2.05, 4.69) is 52.6 Å². The van der Waals surface area contributed by atoms with Gasteiger partial charge in [-0.2, -0.15) is 0 Å². The molecule has 1 aromatic heterocycles. The topological polar surface area (TPSA) is 133 Å². The van der Waals surface area contributed by atoms with E-state index >= 15 is 0 Å². The lowest BCUT2D eigenvalue weighted by Crippen LogP contribution is -2.38. The van der Waals surface area contributed by atoms with Crippen LogP contribution < -0.4 is 10.8 Å². The zero-order chi connectivity index (χ0) is 35.1. The van der Waals surface area contributed by atoms with Gasteiger partial charge in [0.1, 0.15) is 0 Å². The summed E-state index contributed by atoms with van der Waals surface area (Å²) in [5.74, 6) is -0.443. The number of hydroxylamine groups is 1. The summed E-state index contributed by atoms with van der Waals surface area (Å²) in [4.78, 5) is 30.3. The highest BCUT2D eigenvalue weighted by atomic mass is 16.7. The maximum Gasteiger partial charge on any atom is 0.243 e. The number of likely N-dealkylation sites (N-methyl/N-ethyl adjacent to an activating group) is 1. The second kappa shape index (κ2) is 19.1. The summed E-state index contributed by atoms with van der Waals surface area (Å²) in [7, 11) is 2.11. The zero-order valence-corrected chi connectivity index (χ0v) is 28.7. The molecule has 264 valence electrons. The molecule has 50 heavy (non-hydrogen) atoms. The molecule has 4 aromatic rings. The SMILES string of the molecule is CN(CCc1ccccn1)C[C@H]1C[C@@H](c2ccc(CO)cc2)O[C@@H](c2cccc(-c3cccc(CNC(=O)CCCCCC(=O)NO)c3)c2)O1. The largest absolute Gasteiger partial charge is 0.392 e. The summed E-state index contributed by atoms with van der Waals surface area (Å²) in [6.45, 7) is 2.01. The molecule has 0 radical (unpaired) electrons. The molecule has 2 amide bonds. The number of aliphatic hydroxyl groups excluding tert-OH is 1. The van der Waals surface area contributed by atoms with Crippen LogP contribution in [0.4, 0.5) is 0 Å². The van der Waals surface area contributed by atoms with Gasteiger partial charge in [0.2, 0.25) is 11.8 Å². The Kier molecular flexibility index (Phi) is 14.0. The number of carbonyl (C=O) groups excluding carboxylic acids is 2. The second-order valence-electron chi connectivity index (χ2n) is 12.9. The molecule has 1 fully saturated rings. The van der Waals surface area contributed by atoms with E-state index in [1.165, 1.54) is 0 Å². The molecule has 1 aliphatic heterocycles. The van der Waals surface area contributed by atoms with E-state index in [0.717, 1.165) is 65.0 Å². The molecule has 0 unspecified atom stereocenters. The maximum atomic E-state index is 12.4. The average molecular weight is 681 g/mol. The monoisotopic (exact) mass is 680 g/mol. The van der Waals surface area contributed by atoms with Crippen LogP contribution >= 0.6 is 0 Å². The highest BCUT2D eigenvalue weighted by Crippen LogP contribution is 2.39. The van der Waals surface area contributed by atoms with Crippen LogP contribution in [0.3, 0.4) is 0 Å². The number of carbonyl (C=O) groups is 2. The summed E-state index contributed by atoms with van der Waals surface area (Å²) in [5.41, 5.74) is 8.57. The molecule has 10 nitrogen and oxygen atoms in total. The number of nitrogens with zero attached hydrogens (tertiary/aromatic N) is 2. The number of aliphatic hydroxyl groups is 1. The van der Waals surface area contributed by atoms with E-state index in [9.17, 15) is 14.7 Å². The number of hydrogen-bond donors (Lipinski definition) is 4. The number of rotatable bonds is 17. The van der Waals surface area contributed by atoms with Gasteiger partial charge in [-0.05, 0) is 72.0 Å². The van der Waals surface area contributed by atoms with E-state index in [0.29, 0.717) is 32.2 Å². The van der Waals surface area contributed by atoms with Crippen LogP contribution in [0.15, 0.2) is 97.2 Å². The Hall–Kier alpha value is -4.45. The van der Waals surface area contributed by atoms with Crippen LogP contribution in [-0.2, 0) is 38.6 Å². The predicted molar refractivity (Wildman–Crippen MR) is 191 cm³/mol. The van der Waals surface area contributed by atoms with E-state index < -0.39 is 12.2 Å². The van der Waals surface area contributed by atoms with Crippen LogP contribution in [0, 0.1) is 0 Å². The number of nitrogens with one attached hydrogen (secondary N) is 2. The maximum absolute atomic E-state index is 12.4. The van der Waals surface area contributed by atoms with Gasteiger partial charge in [-0.25, -0.2) is 5.48 Å². The lowest BCUT2D eigenvalue weighted by molar-refractivity contribution is -0.252. The Morgan fingerprint density at radius 3 is 2.34 bits per heavy atom. The summed E-state index contributed by atoms with van der Waals surface area (Å²) >= 11 is 0. The van der Waals surface area contributed by atoms with Gasteiger partial charge in [-0.15, -0.1) is 0 Å². The van der Waals surface area contributed by atoms with Crippen molar-refractivity contribution in [3.05, 3.63) is 125 Å². The van der Waals surface area contributed by atoms with Crippen LogP contribution in [-0.4, -0.2) is 58.3 Å². The molecule has 0 bridgehead atoms. The van der Waals surface area contributed by atoms with Crippen LogP contribution in [0.2, 0.25) is 0 Å². The summed E-state index contributed by atoms with van der Waals surface area (Å²) in [6.07, 6.45) is 5.25. The van der Waals surface area contributed by atoms with E-state index in [-0.39, 0.29) is 31.1 Å². The first-order valence-corrected chi connectivity index (χ1v) is 17.4. The molecule has 0 aliphatic carbocycles. The fraction of sp³-hybridized carbons (Fsp3) is 0.375. The quantitative estimate of drug-likeness (QED) is 0.0604. The minimum absolute atomic E-state index is 0.00333. The van der Waals surface area contributed by atoms with Crippen molar-refractivity contribution in [1.82, 2.24) is 20.7 Å². The first-order valence-electron chi connectivity index (χ1n) is 17.4. The van der Waals surface area contributed by atoms with E-state index in [1.54, 1.807) is 5.48 Å². The molecule has 2 heterocycles. The Bertz CT molecular complexity index is 1650. The molecule has 0 saturated carbocycles. The zero-order valence-electron chi connectivity index (χ0n) is 28.7. The van der Waals surface area contributed by atoms with Gasteiger partial charge in [0.15, 0.2) is 6.29 Å². The minimum atomic E-state index is -0.569. The number of aromatic nitrogens is 1. The summed E-state index contributed by atoms with van der Waals surface area (Å²) in [6, 6.07) is 30.3. The molecule has 1 saturated heterocycles. The Morgan fingerprint density at radius 1 is 0.840 bits per heavy atom. The highest BCUT2D eigenvalue weighted by molar-refractivity contribution is 5.76. The molecule has 3 aromatic carbocycles. The molecule has 5 rings (SSSR count). The Labute approximate surface area is 294 Å². The van der Waals surface area contributed by atoms with Gasteiger partial charge >= 0.3 is 0 Å². The van der Waals surface area contributed by atoms with Crippen LogP contribution in [0.1, 0.15) is 78.9 Å². The number of unbranched alkanes of at least 4 members (excludes halogenated alkanes) is 2. The van der Waals surface area contributed by atoms with Gasteiger partial charge in [0, 0.05) is 62.8 Å². The first-order chi connectivity index (χ1) is 24.4. The van der Waals surface area contributed by atoms with Crippen molar-refractivity contribution < 1.29 is 29.4 Å². The third-order valence-corrected chi connectivity index (χ3v) is 8.95.